The van der Waals surface area contributed by atoms with Gasteiger partial charge in [-0.2, -0.15) is 0 Å². The van der Waals surface area contributed by atoms with E-state index in [1.54, 1.807) is 19.1 Å². The average Bonchev–Trinajstić information content (AvgIpc) is 2.92. The van der Waals surface area contributed by atoms with E-state index in [1.165, 1.54) is 12.1 Å². The van der Waals surface area contributed by atoms with Gasteiger partial charge in [0.05, 0.1) is 18.2 Å². The van der Waals surface area contributed by atoms with Gasteiger partial charge in [0.1, 0.15) is 5.75 Å². The summed E-state index contributed by atoms with van der Waals surface area (Å²) in [6, 6.07) is 4.64. The van der Waals surface area contributed by atoms with Crippen molar-refractivity contribution in [3.63, 3.8) is 0 Å². The van der Waals surface area contributed by atoms with Crippen molar-refractivity contribution in [3.05, 3.63) is 36.4 Å². The van der Waals surface area contributed by atoms with Crippen molar-refractivity contribution in [2.24, 2.45) is 0 Å². The van der Waals surface area contributed by atoms with Crippen molar-refractivity contribution in [2.45, 2.75) is 13.0 Å². The minimum absolute atomic E-state index is 0.00582. The van der Waals surface area contributed by atoms with Gasteiger partial charge in [0.2, 0.25) is 5.88 Å². The fourth-order valence-corrected chi connectivity index (χ4v) is 2.22. The summed E-state index contributed by atoms with van der Waals surface area (Å²) in [5.41, 5.74) is 0.980. The van der Waals surface area contributed by atoms with Crippen LogP contribution in [0.2, 0.25) is 0 Å². The molecule has 0 saturated heterocycles. The third-order valence-electron chi connectivity index (χ3n) is 3.22. The summed E-state index contributed by atoms with van der Waals surface area (Å²) in [7, 11) is 0. The van der Waals surface area contributed by atoms with Crippen LogP contribution in [0.5, 0.6) is 11.6 Å². The van der Waals surface area contributed by atoms with Crippen LogP contribution < -0.4 is 10.1 Å². The fourth-order valence-electron chi connectivity index (χ4n) is 2.22. The highest BCUT2D eigenvalue weighted by Crippen LogP contribution is 2.33. The molecule has 0 aliphatic heterocycles. The minimum Gasteiger partial charge on any atom is -0.506 e. The van der Waals surface area contributed by atoms with Crippen LogP contribution in [0, 0.1) is 0 Å². The lowest BCUT2D eigenvalue weighted by Crippen LogP contribution is -2.21. The maximum absolute atomic E-state index is 11.4. The van der Waals surface area contributed by atoms with Crippen LogP contribution in [0.25, 0.3) is 10.9 Å². The Balaban J connectivity index is 2.28. The molecule has 0 bridgehead atoms. The van der Waals surface area contributed by atoms with Crippen molar-refractivity contribution in [1.29, 1.82) is 0 Å². The molecule has 23 heavy (non-hydrogen) atoms. The van der Waals surface area contributed by atoms with Gasteiger partial charge in [0.15, 0.2) is 0 Å². The highest BCUT2D eigenvalue weighted by molar-refractivity contribution is 5.90. The maximum atomic E-state index is 11.4. The standard InChI is InChI=1S/C16H20N2O5/c1-3-7-17-9-13(20)10-5-6-12(19)15-11(10)8-14(18-15)23-16(21)22-4-2/h3,5-6,8,13,17-20H,1,4,7,9H2,2H3. The molecule has 1 atom stereocenters. The molecule has 4 N–H and O–H groups in total. The monoisotopic (exact) mass is 320 g/mol. The first-order chi connectivity index (χ1) is 11.1. The van der Waals surface area contributed by atoms with Crippen molar-refractivity contribution in [1.82, 2.24) is 10.3 Å². The number of hydrogen-bond acceptors (Lipinski definition) is 6. The average molecular weight is 320 g/mol. The first-order valence-electron chi connectivity index (χ1n) is 7.25. The SMILES string of the molecule is C=CCNCC(O)c1ccc(O)c2[nH]c(OC(=O)OCC)cc12. The lowest BCUT2D eigenvalue weighted by molar-refractivity contribution is 0.103. The second-order valence-corrected chi connectivity index (χ2v) is 4.84. The molecule has 2 rings (SSSR count). The maximum Gasteiger partial charge on any atom is 0.515 e. The number of aliphatic hydroxyl groups is 1. The van der Waals surface area contributed by atoms with E-state index < -0.39 is 12.3 Å². The van der Waals surface area contributed by atoms with Crippen LogP contribution in [0.15, 0.2) is 30.9 Å². The van der Waals surface area contributed by atoms with Crippen LogP contribution in [-0.4, -0.2) is 41.0 Å². The lowest BCUT2D eigenvalue weighted by Gasteiger charge is -2.13. The minimum atomic E-state index is -0.840. The first kappa shape index (κ1) is 16.9. The molecule has 0 fully saturated rings. The molecule has 0 aliphatic carbocycles. The molecule has 1 unspecified atom stereocenters. The second kappa shape index (κ2) is 7.66. The van der Waals surface area contributed by atoms with Crippen molar-refractivity contribution < 1.29 is 24.5 Å². The molecule has 0 aliphatic rings. The fraction of sp³-hybridized carbons (Fsp3) is 0.312. The predicted molar refractivity (Wildman–Crippen MR) is 85.6 cm³/mol. The smallest absolute Gasteiger partial charge is 0.506 e. The van der Waals surface area contributed by atoms with E-state index in [0.717, 1.165) is 0 Å². The summed E-state index contributed by atoms with van der Waals surface area (Å²) in [4.78, 5) is 14.2. The van der Waals surface area contributed by atoms with E-state index in [0.29, 0.717) is 29.6 Å². The molecule has 0 radical (unpaired) electrons. The second-order valence-electron chi connectivity index (χ2n) is 4.84. The number of carbonyl (C=O) groups excluding carboxylic acids is 1. The number of carbonyl (C=O) groups is 1. The molecular weight excluding hydrogens is 300 g/mol. The lowest BCUT2D eigenvalue weighted by atomic mass is 10.0. The number of aromatic amines is 1. The van der Waals surface area contributed by atoms with E-state index in [4.69, 9.17) is 9.47 Å². The molecule has 1 aromatic carbocycles. The van der Waals surface area contributed by atoms with Gasteiger partial charge in [-0.25, -0.2) is 4.79 Å². The van der Waals surface area contributed by atoms with Crippen molar-refractivity contribution in [3.8, 4) is 11.6 Å². The molecular formula is C16H20N2O5. The Kier molecular flexibility index (Phi) is 5.61. The van der Waals surface area contributed by atoms with Gasteiger partial charge in [-0.05, 0) is 18.6 Å². The van der Waals surface area contributed by atoms with Crippen LogP contribution in [-0.2, 0) is 4.74 Å². The Hall–Kier alpha value is -2.51. The molecule has 0 spiro atoms. The number of phenols is 1. The molecule has 7 nitrogen and oxygen atoms in total. The number of hydrogen-bond donors (Lipinski definition) is 4. The van der Waals surface area contributed by atoms with Gasteiger partial charge in [0.25, 0.3) is 0 Å². The number of aromatic nitrogens is 1. The number of aromatic hydroxyl groups is 1. The number of ether oxygens (including phenoxy) is 2. The summed E-state index contributed by atoms with van der Waals surface area (Å²) >= 11 is 0. The van der Waals surface area contributed by atoms with E-state index in [1.807, 2.05) is 0 Å². The van der Waals surface area contributed by atoms with Crippen LogP contribution in [0.3, 0.4) is 0 Å². The van der Waals surface area contributed by atoms with Gasteiger partial charge < -0.3 is 30.0 Å². The van der Waals surface area contributed by atoms with Crippen LogP contribution >= 0.6 is 0 Å². The molecule has 7 heteroatoms. The Morgan fingerprint density at radius 2 is 2.30 bits per heavy atom. The Morgan fingerprint density at radius 3 is 3.00 bits per heavy atom. The van der Waals surface area contributed by atoms with E-state index in [2.05, 4.69) is 16.9 Å². The van der Waals surface area contributed by atoms with Gasteiger partial charge >= 0.3 is 6.16 Å². The summed E-state index contributed by atoms with van der Waals surface area (Å²) in [6.45, 7) is 6.36. The summed E-state index contributed by atoms with van der Waals surface area (Å²) in [5.74, 6) is 0.126. The van der Waals surface area contributed by atoms with E-state index >= 15 is 0 Å². The van der Waals surface area contributed by atoms with Crippen molar-refractivity contribution in [2.75, 3.05) is 19.7 Å². The van der Waals surface area contributed by atoms with Gasteiger partial charge in [-0.15, -0.1) is 6.58 Å². The van der Waals surface area contributed by atoms with Crippen LogP contribution in [0.4, 0.5) is 4.79 Å². The number of benzene rings is 1. The summed E-state index contributed by atoms with van der Waals surface area (Å²) < 4.78 is 9.69. The highest BCUT2D eigenvalue weighted by Gasteiger charge is 2.17. The number of aliphatic hydroxyl groups excluding tert-OH is 1. The van der Waals surface area contributed by atoms with Crippen molar-refractivity contribution >= 4 is 17.1 Å². The van der Waals surface area contributed by atoms with Gasteiger partial charge in [0, 0.05) is 24.5 Å². The number of H-pyrrole nitrogens is 1. The zero-order chi connectivity index (χ0) is 16.8. The highest BCUT2D eigenvalue weighted by atomic mass is 16.7. The molecule has 1 heterocycles. The zero-order valence-electron chi connectivity index (χ0n) is 12.8. The Labute approximate surface area is 133 Å². The summed E-state index contributed by atoms with van der Waals surface area (Å²) in [6.07, 6.45) is 0.0679. The molecule has 0 amide bonds. The molecule has 1 aromatic heterocycles. The Morgan fingerprint density at radius 1 is 1.52 bits per heavy atom. The molecule has 2 aromatic rings. The largest absolute Gasteiger partial charge is 0.515 e. The van der Waals surface area contributed by atoms with Gasteiger partial charge in [-0.1, -0.05) is 12.1 Å². The number of fused-ring (bicyclic) bond motifs is 1. The predicted octanol–water partition coefficient (Wildman–Crippen LogP) is 2.22. The van der Waals surface area contributed by atoms with Crippen LogP contribution in [0.1, 0.15) is 18.6 Å². The number of phenolic OH excluding ortho intramolecular Hbond substituents is 1. The first-order valence-corrected chi connectivity index (χ1v) is 7.25. The third-order valence-corrected chi connectivity index (χ3v) is 3.22. The van der Waals surface area contributed by atoms with E-state index in [9.17, 15) is 15.0 Å². The van der Waals surface area contributed by atoms with E-state index in [-0.39, 0.29) is 18.2 Å². The number of rotatable bonds is 7. The number of nitrogens with one attached hydrogen (secondary N) is 2. The topological polar surface area (TPSA) is 104 Å². The Bertz CT molecular complexity index is 695. The normalized spacial score (nSPS) is 12.1. The van der Waals surface area contributed by atoms with Gasteiger partial charge in [-0.3, -0.25) is 0 Å². The quantitative estimate of drug-likeness (QED) is 0.354. The summed E-state index contributed by atoms with van der Waals surface area (Å²) in [5, 5.41) is 23.8. The molecule has 0 saturated carbocycles. The molecule has 124 valence electrons. The zero-order valence-corrected chi connectivity index (χ0v) is 12.8. The third kappa shape index (κ3) is 4.02.